The highest BCUT2D eigenvalue weighted by atomic mass is 16.6. The summed E-state index contributed by atoms with van der Waals surface area (Å²) in [4.78, 5) is 14.0. The van der Waals surface area contributed by atoms with E-state index in [2.05, 4.69) is 6.58 Å². The summed E-state index contributed by atoms with van der Waals surface area (Å²) in [7, 11) is 0. The van der Waals surface area contributed by atoms with Crippen molar-refractivity contribution in [1.82, 2.24) is 4.90 Å². The number of aliphatic hydroxyl groups is 1. The van der Waals surface area contributed by atoms with E-state index in [1.165, 1.54) is 0 Å². The Hall–Kier alpha value is -1.03. The molecule has 1 amide bonds. The SMILES string of the molecule is C=C[C@@]1(O)C[C@H]2CC[C@@H](C1)N2C(=O)OC(C)(C)C. The molecule has 0 radical (unpaired) electrons. The summed E-state index contributed by atoms with van der Waals surface area (Å²) in [5, 5.41) is 10.3. The molecule has 2 aliphatic heterocycles. The molecule has 0 aromatic carbocycles. The van der Waals surface area contributed by atoms with Gasteiger partial charge in [-0.05, 0) is 33.6 Å². The molecule has 4 nitrogen and oxygen atoms in total. The van der Waals surface area contributed by atoms with E-state index in [1.807, 2.05) is 25.7 Å². The van der Waals surface area contributed by atoms with Gasteiger partial charge in [0.15, 0.2) is 0 Å². The van der Waals surface area contributed by atoms with Crippen LogP contribution in [0.5, 0.6) is 0 Å². The summed E-state index contributed by atoms with van der Waals surface area (Å²) in [5.74, 6) is 0. The van der Waals surface area contributed by atoms with E-state index in [1.54, 1.807) is 6.08 Å². The van der Waals surface area contributed by atoms with Crippen molar-refractivity contribution in [3.8, 4) is 0 Å². The highest BCUT2D eigenvalue weighted by molar-refractivity contribution is 5.69. The molecule has 2 bridgehead atoms. The van der Waals surface area contributed by atoms with Crippen molar-refractivity contribution in [3.63, 3.8) is 0 Å². The second-order valence-electron chi connectivity index (χ2n) is 6.49. The van der Waals surface area contributed by atoms with Crippen LogP contribution in [0.25, 0.3) is 0 Å². The molecule has 0 aromatic rings. The van der Waals surface area contributed by atoms with Crippen LogP contribution in [-0.2, 0) is 4.74 Å². The largest absolute Gasteiger partial charge is 0.444 e. The van der Waals surface area contributed by atoms with Crippen LogP contribution < -0.4 is 0 Å². The standard InChI is InChI=1S/C14H23NO3/c1-5-14(17)8-10-6-7-11(9-14)15(10)12(16)18-13(2,3)4/h5,10-11,17H,1,6-9H2,2-4H3/t10-,11+,14-. The van der Waals surface area contributed by atoms with Gasteiger partial charge in [-0.1, -0.05) is 6.08 Å². The third-order valence-corrected chi connectivity index (χ3v) is 3.78. The average molecular weight is 253 g/mol. The highest BCUT2D eigenvalue weighted by Crippen LogP contribution is 2.41. The Balaban J connectivity index is 2.09. The first kappa shape index (κ1) is 13.4. The smallest absolute Gasteiger partial charge is 0.410 e. The van der Waals surface area contributed by atoms with Gasteiger partial charge < -0.3 is 14.7 Å². The molecule has 2 rings (SSSR count). The monoisotopic (exact) mass is 253 g/mol. The van der Waals surface area contributed by atoms with Gasteiger partial charge in [-0.25, -0.2) is 4.79 Å². The number of rotatable bonds is 1. The third-order valence-electron chi connectivity index (χ3n) is 3.78. The number of carbonyl (C=O) groups is 1. The molecule has 0 aliphatic carbocycles. The van der Waals surface area contributed by atoms with Crippen LogP contribution in [0.4, 0.5) is 4.79 Å². The summed E-state index contributed by atoms with van der Waals surface area (Å²) in [6.07, 6.45) is 4.41. The van der Waals surface area contributed by atoms with E-state index < -0.39 is 11.2 Å². The zero-order valence-corrected chi connectivity index (χ0v) is 11.5. The lowest BCUT2D eigenvalue weighted by molar-refractivity contribution is -0.0347. The van der Waals surface area contributed by atoms with Crippen LogP contribution in [0.1, 0.15) is 46.5 Å². The molecule has 0 aromatic heterocycles. The van der Waals surface area contributed by atoms with Gasteiger partial charge in [0.2, 0.25) is 0 Å². The number of ether oxygens (including phenoxy) is 1. The predicted octanol–water partition coefficient (Wildman–Crippen LogP) is 2.47. The Bertz CT molecular complexity index is 345. The first-order valence-electron chi connectivity index (χ1n) is 6.61. The van der Waals surface area contributed by atoms with Crippen LogP contribution >= 0.6 is 0 Å². The number of amides is 1. The van der Waals surface area contributed by atoms with Crippen molar-refractivity contribution in [1.29, 1.82) is 0 Å². The molecule has 2 fully saturated rings. The fourth-order valence-electron chi connectivity index (χ4n) is 3.04. The van der Waals surface area contributed by atoms with Crippen molar-refractivity contribution in [3.05, 3.63) is 12.7 Å². The topological polar surface area (TPSA) is 49.8 Å². The van der Waals surface area contributed by atoms with Crippen molar-refractivity contribution in [2.45, 2.75) is 69.7 Å². The summed E-state index contributed by atoms with van der Waals surface area (Å²) in [5.41, 5.74) is -1.28. The first-order chi connectivity index (χ1) is 8.24. The number of hydrogen-bond acceptors (Lipinski definition) is 3. The van der Waals surface area contributed by atoms with Gasteiger partial charge in [-0.2, -0.15) is 0 Å². The zero-order chi connectivity index (χ0) is 13.6. The van der Waals surface area contributed by atoms with Gasteiger partial charge in [0.1, 0.15) is 5.60 Å². The number of nitrogens with zero attached hydrogens (tertiary/aromatic N) is 1. The van der Waals surface area contributed by atoms with Crippen molar-refractivity contribution in [2.75, 3.05) is 0 Å². The molecule has 4 heteroatoms. The highest BCUT2D eigenvalue weighted by Gasteiger charge is 2.49. The maximum atomic E-state index is 12.2. The normalized spacial score (nSPS) is 35.4. The minimum atomic E-state index is -0.815. The molecule has 2 saturated heterocycles. The van der Waals surface area contributed by atoms with Gasteiger partial charge in [0.25, 0.3) is 0 Å². The lowest BCUT2D eigenvalue weighted by atomic mass is 9.86. The van der Waals surface area contributed by atoms with Gasteiger partial charge in [-0.15, -0.1) is 6.58 Å². The van der Waals surface area contributed by atoms with Gasteiger partial charge in [0, 0.05) is 24.9 Å². The van der Waals surface area contributed by atoms with Crippen molar-refractivity contribution < 1.29 is 14.6 Å². The Morgan fingerprint density at radius 1 is 1.39 bits per heavy atom. The molecule has 0 spiro atoms. The number of carbonyl (C=O) groups excluding carboxylic acids is 1. The Labute approximate surface area is 109 Å². The molecule has 2 aliphatic rings. The quantitative estimate of drug-likeness (QED) is 0.730. The van der Waals surface area contributed by atoms with Crippen molar-refractivity contribution >= 4 is 6.09 Å². The minimum Gasteiger partial charge on any atom is -0.444 e. The summed E-state index contributed by atoms with van der Waals surface area (Å²) >= 11 is 0. The summed E-state index contributed by atoms with van der Waals surface area (Å²) in [6, 6.07) is 0.170. The number of hydrogen-bond donors (Lipinski definition) is 1. The lowest BCUT2D eigenvalue weighted by Crippen LogP contribution is -2.53. The fraction of sp³-hybridized carbons (Fsp3) is 0.786. The molecule has 102 valence electrons. The van der Waals surface area contributed by atoms with Gasteiger partial charge in [-0.3, -0.25) is 0 Å². The van der Waals surface area contributed by atoms with Gasteiger partial charge in [0.05, 0.1) is 5.60 Å². The second kappa shape index (κ2) is 4.26. The summed E-state index contributed by atoms with van der Waals surface area (Å²) < 4.78 is 5.44. The second-order valence-corrected chi connectivity index (χ2v) is 6.49. The summed E-state index contributed by atoms with van der Waals surface area (Å²) in [6.45, 7) is 9.31. The molecule has 0 saturated carbocycles. The van der Waals surface area contributed by atoms with Gasteiger partial charge >= 0.3 is 6.09 Å². The fourth-order valence-corrected chi connectivity index (χ4v) is 3.04. The predicted molar refractivity (Wildman–Crippen MR) is 69.3 cm³/mol. The van der Waals surface area contributed by atoms with Crippen molar-refractivity contribution in [2.24, 2.45) is 0 Å². The van der Waals surface area contributed by atoms with Crippen LogP contribution in [0.3, 0.4) is 0 Å². The van der Waals surface area contributed by atoms with E-state index in [9.17, 15) is 9.90 Å². The minimum absolute atomic E-state index is 0.0848. The number of piperidine rings is 1. The van der Waals surface area contributed by atoms with E-state index in [-0.39, 0.29) is 18.2 Å². The molecule has 1 N–H and O–H groups in total. The maximum absolute atomic E-state index is 12.2. The maximum Gasteiger partial charge on any atom is 0.410 e. The molecule has 3 atom stereocenters. The third kappa shape index (κ3) is 2.53. The Morgan fingerprint density at radius 3 is 2.28 bits per heavy atom. The van der Waals surface area contributed by atoms with Crippen LogP contribution in [0, 0.1) is 0 Å². The lowest BCUT2D eigenvalue weighted by Gasteiger charge is -2.42. The van der Waals surface area contributed by atoms with E-state index in [0.29, 0.717) is 12.8 Å². The zero-order valence-electron chi connectivity index (χ0n) is 11.5. The number of fused-ring (bicyclic) bond motifs is 2. The Morgan fingerprint density at radius 2 is 1.89 bits per heavy atom. The van der Waals surface area contributed by atoms with E-state index in [4.69, 9.17) is 4.74 Å². The van der Waals surface area contributed by atoms with E-state index in [0.717, 1.165) is 12.8 Å². The van der Waals surface area contributed by atoms with Crippen LogP contribution in [0.15, 0.2) is 12.7 Å². The van der Waals surface area contributed by atoms with E-state index >= 15 is 0 Å². The van der Waals surface area contributed by atoms with Crippen LogP contribution in [-0.4, -0.2) is 39.4 Å². The molecule has 0 unspecified atom stereocenters. The molecule has 2 heterocycles. The molecular weight excluding hydrogens is 230 g/mol. The van der Waals surface area contributed by atoms with Crippen LogP contribution in [0.2, 0.25) is 0 Å². The molecular formula is C14H23NO3. The first-order valence-corrected chi connectivity index (χ1v) is 6.61. The average Bonchev–Trinajstić information content (AvgIpc) is 2.50. The Kier molecular flexibility index (Phi) is 3.18. The molecule has 18 heavy (non-hydrogen) atoms.